The molecule has 0 fully saturated rings. The smallest absolute Gasteiger partial charge is 0.0232 e. The van der Waals surface area contributed by atoms with Crippen molar-refractivity contribution in [3.63, 3.8) is 0 Å². The Morgan fingerprint density at radius 3 is 2.65 bits per heavy atom. The molecule has 0 bridgehead atoms. The molecule has 0 saturated heterocycles. The molecular formula is C16H17S. The van der Waals surface area contributed by atoms with Gasteiger partial charge in [-0.15, -0.1) is 11.8 Å². The van der Waals surface area contributed by atoms with Gasteiger partial charge in [-0.2, -0.15) is 0 Å². The Bertz CT molecular complexity index is 448. The first kappa shape index (κ1) is 12.3. The minimum absolute atomic E-state index is 1.03. The molecule has 1 heteroatoms. The maximum atomic E-state index is 3.36. The van der Waals surface area contributed by atoms with Gasteiger partial charge in [-0.3, -0.25) is 0 Å². The molecule has 87 valence electrons. The Balaban J connectivity index is 2.03. The van der Waals surface area contributed by atoms with Crippen LogP contribution in [0.2, 0.25) is 0 Å². The zero-order valence-corrected chi connectivity index (χ0v) is 11.0. The van der Waals surface area contributed by atoms with E-state index in [9.17, 15) is 0 Å². The van der Waals surface area contributed by atoms with Crippen LogP contribution in [0.4, 0.5) is 0 Å². The van der Waals surface area contributed by atoms with E-state index in [0.29, 0.717) is 0 Å². The second-order valence-electron chi connectivity index (χ2n) is 4.05. The van der Waals surface area contributed by atoms with Crippen LogP contribution < -0.4 is 0 Å². The minimum Gasteiger partial charge on any atom is -0.120 e. The molecule has 0 aromatic heterocycles. The van der Waals surface area contributed by atoms with Gasteiger partial charge in [-0.05, 0) is 23.6 Å². The second-order valence-corrected chi connectivity index (χ2v) is 5.03. The van der Waals surface area contributed by atoms with Crippen molar-refractivity contribution >= 4 is 11.8 Å². The molecule has 0 heterocycles. The topological polar surface area (TPSA) is 0 Å². The summed E-state index contributed by atoms with van der Waals surface area (Å²) in [5, 5.41) is 0. The Morgan fingerprint density at radius 2 is 1.88 bits per heavy atom. The maximum Gasteiger partial charge on any atom is 0.0232 e. The zero-order chi connectivity index (χ0) is 11.9. The van der Waals surface area contributed by atoms with Gasteiger partial charge in [-0.25, -0.2) is 0 Å². The van der Waals surface area contributed by atoms with Crippen molar-refractivity contribution in [1.29, 1.82) is 0 Å². The van der Waals surface area contributed by atoms with Crippen molar-refractivity contribution in [3.05, 3.63) is 65.7 Å². The first-order valence-electron chi connectivity index (χ1n) is 6.06. The molecule has 0 unspecified atom stereocenters. The third-order valence-corrected chi connectivity index (χ3v) is 3.79. The molecule has 0 nitrogen and oxygen atoms in total. The maximum absolute atomic E-state index is 3.36. The van der Waals surface area contributed by atoms with Gasteiger partial charge in [0.05, 0.1) is 0 Å². The predicted molar refractivity (Wildman–Crippen MR) is 75.3 cm³/mol. The van der Waals surface area contributed by atoms with E-state index >= 15 is 0 Å². The fourth-order valence-corrected chi connectivity index (χ4v) is 2.80. The highest BCUT2D eigenvalue weighted by atomic mass is 32.2. The zero-order valence-electron chi connectivity index (χ0n) is 10.1. The van der Waals surface area contributed by atoms with Gasteiger partial charge >= 0.3 is 0 Å². The van der Waals surface area contributed by atoms with Crippen molar-refractivity contribution < 1.29 is 0 Å². The minimum atomic E-state index is 1.03. The largest absolute Gasteiger partial charge is 0.120 e. The number of aryl methyl sites for hydroxylation is 1. The van der Waals surface area contributed by atoms with Crippen LogP contribution in [-0.4, -0.2) is 0 Å². The first-order valence-corrected chi connectivity index (χ1v) is 7.05. The molecule has 0 atom stereocenters. The quantitative estimate of drug-likeness (QED) is 0.682. The van der Waals surface area contributed by atoms with Gasteiger partial charge in [-0.1, -0.05) is 61.9 Å². The van der Waals surface area contributed by atoms with Crippen LogP contribution in [0.5, 0.6) is 0 Å². The number of hydrogen-bond donors (Lipinski definition) is 0. The Hall–Kier alpha value is -1.21. The van der Waals surface area contributed by atoms with E-state index in [2.05, 4.69) is 55.5 Å². The lowest BCUT2D eigenvalue weighted by molar-refractivity contribution is 0.900. The lowest BCUT2D eigenvalue weighted by Crippen LogP contribution is -1.88. The van der Waals surface area contributed by atoms with E-state index in [1.165, 1.54) is 22.4 Å². The van der Waals surface area contributed by atoms with Gasteiger partial charge in [0, 0.05) is 10.6 Å². The summed E-state index contributed by atoms with van der Waals surface area (Å²) in [6.07, 6.45) is 2.34. The van der Waals surface area contributed by atoms with Crippen molar-refractivity contribution in [3.8, 4) is 0 Å². The number of benzene rings is 2. The summed E-state index contributed by atoms with van der Waals surface area (Å²) < 4.78 is 0. The van der Waals surface area contributed by atoms with Crippen molar-refractivity contribution in [2.24, 2.45) is 0 Å². The molecule has 1 radical (unpaired) electrons. The Morgan fingerprint density at radius 1 is 1.06 bits per heavy atom. The summed E-state index contributed by atoms with van der Waals surface area (Å²) in [4.78, 5) is 1.30. The third kappa shape index (κ3) is 3.64. The molecule has 2 rings (SSSR count). The highest BCUT2D eigenvalue weighted by molar-refractivity contribution is 7.98. The van der Waals surface area contributed by atoms with E-state index < -0.39 is 0 Å². The van der Waals surface area contributed by atoms with E-state index in [-0.39, 0.29) is 0 Å². The molecule has 2 aromatic carbocycles. The summed E-state index contributed by atoms with van der Waals surface area (Å²) in [6, 6.07) is 20.3. The van der Waals surface area contributed by atoms with Crippen LogP contribution in [0.3, 0.4) is 0 Å². The summed E-state index contributed by atoms with van der Waals surface area (Å²) in [7, 11) is 0. The molecule has 2 aromatic rings. The molecule has 0 spiro atoms. The van der Waals surface area contributed by atoms with Gasteiger partial charge in [0.15, 0.2) is 0 Å². The van der Waals surface area contributed by atoms with Crippen LogP contribution in [0.25, 0.3) is 0 Å². The lowest BCUT2D eigenvalue weighted by Gasteiger charge is -2.07. The highest BCUT2D eigenvalue weighted by Crippen LogP contribution is 2.26. The fraction of sp³-hybridized carbons (Fsp3) is 0.250. The first-order chi connectivity index (χ1) is 8.40. The van der Waals surface area contributed by atoms with Crippen LogP contribution in [0.15, 0.2) is 53.4 Å². The Kier molecular flexibility index (Phi) is 4.69. The number of hydrogen-bond acceptors (Lipinski definition) is 1. The molecule has 0 aliphatic rings. The molecular weight excluding hydrogens is 224 g/mol. The second kappa shape index (κ2) is 6.51. The van der Waals surface area contributed by atoms with Crippen LogP contribution >= 0.6 is 11.8 Å². The number of thioether (sulfide) groups is 1. The monoisotopic (exact) mass is 241 g/mol. The summed E-state index contributed by atoms with van der Waals surface area (Å²) in [6.45, 7) is 2.22. The van der Waals surface area contributed by atoms with Gasteiger partial charge in [0.1, 0.15) is 0 Å². The Labute approximate surface area is 108 Å². The summed E-state index contributed by atoms with van der Waals surface area (Å²) in [5.74, 6) is 1.03. The van der Waals surface area contributed by atoms with Gasteiger partial charge < -0.3 is 0 Å². The van der Waals surface area contributed by atoms with Crippen LogP contribution in [0, 0.1) is 6.07 Å². The standard InChI is InChI=1S/C16H17S/c1-2-8-15-11-6-7-12-16(15)17-13-14-9-4-3-5-10-14/h3-7,9-11H,2,8,13H2,1H3. The summed E-state index contributed by atoms with van der Waals surface area (Å²) in [5.41, 5.74) is 2.80. The van der Waals surface area contributed by atoms with Gasteiger partial charge in [0.2, 0.25) is 0 Å². The van der Waals surface area contributed by atoms with Gasteiger partial charge in [0.25, 0.3) is 0 Å². The molecule has 0 N–H and O–H groups in total. The number of rotatable bonds is 5. The van der Waals surface area contributed by atoms with E-state index in [1.54, 1.807) is 0 Å². The van der Waals surface area contributed by atoms with E-state index in [1.807, 2.05) is 17.8 Å². The van der Waals surface area contributed by atoms with Crippen molar-refractivity contribution in [2.75, 3.05) is 0 Å². The van der Waals surface area contributed by atoms with E-state index in [4.69, 9.17) is 0 Å². The summed E-state index contributed by atoms with van der Waals surface area (Å²) >= 11 is 1.88. The molecule has 0 aliphatic heterocycles. The SMILES string of the molecule is CCCc1ccc[c]c1SCc1ccccc1. The van der Waals surface area contributed by atoms with Crippen molar-refractivity contribution in [2.45, 2.75) is 30.4 Å². The lowest BCUT2D eigenvalue weighted by atomic mass is 10.1. The average Bonchev–Trinajstić information content (AvgIpc) is 2.39. The molecule has 17 heavy (non-hydrogen) atoms. The van der Waals surface area contributed by atoms with Crippen LogP contribution in [-0.2, 0) is 12.2 Å². The average molecular weight is 241 g/mol. The fourth-order valence-electron chi connectivity index (χ4n) is 1.79. The molecule has 0 amide bonds. The third-order valence-electron chi connectivity index (χ3n) is 2.65. The van der Waals surface area contributed by atoms with E-state index in [0.717, 1.165) is 12.2 Å². The highest BCUT2D eigenvalue weighted by Gasteiger charge is 2.02. The van der Waals surface area contributed by atoms with Crippen LogP contribution in [0.1, 0.15) is 24.5 Å². The normalized spacial score (nSPS) is 10.4. The predicted octanol–water partition coefficient (Wildman–Crippen LogP) is 4.73. The molecule has 0 aliphatic carbocycles. The molecule has 0 saturated carbocycles. The van der Waals surface area contributed by atoms with Crippen molar-refractivity contribution in [1.82, 2.24) is 0 Å².